The van der Waals surface area contributed by atoms with Crippen molar-refractivity contribution >= 4 is 12.0 Å². The lowest BCUT2D eigenvalue weighted by molar-refractivity contribution is 0.0138. The Morgan fingerprint density at radius 2 is 1.81 bits per heavy atom. The number of piperazine rings is 1. The topological polar surface area (TPSA) is 84.6 Å². The summed E-state index contributed by atoms with van der Waals surface area (Å²) in [4.78, 5) is 25.2. The zero-order valence-corrected chi connectivity index (χ0v) is 16.9. The van der Waals surface area contributed by atoms with E-state index in [-0.39, 0.29) is 6.09 Å². The third-order valence-electron chi connectivity index (χ3n) is 5.25. The maximum atomic E-state index is 12.2. The average Bonchev–Trinajstić information content (AvgIpc) is 2.61. The molecule has 2 heterocycles. The van der Waals surface area contributed by atoms with Crippen molar-refractivity contribution in [3.63, 3.8) is 0 Å². The molecule has 2 N–H and O–H groups in total. The summed E-state index contributed by atoms with van der Waals surface area (Å²) in [5.74, 6) is 0.896. The van der Waals surface area contributed by atoms with Crippen molar-refractivity contribution in [2.24, 2.45) is 0 Å². The second-order valence-electron chi connectivity index (χ2n) is 8.72. The number of nitrogens with zero attached hydrogens (tertiary/aromatic N) is 4. The Morgan fingerprint density at radius 1 is 1.15 bits per heavy atom. The molecule has 1 saturated heterocycles. The fourth-order valence-corrected chi connectivity index (χ4v) is 3.87. The number of amides is 1. The lowest BCUT2D eigenvalue weighted by Crippen LogP contribution is -2.49. The molecule has 0 radical (unpaired) electrons. The summed E-state index contributed by atoms with van der Waals surface area (Å²) in [6.07, 6.45) is 6.04. The Bertz CT molecular complexity index is 644. The van der Waals surface area contributed by atoms with E-state index in [0.29, 0.717) is 25.0 Å². The summed E-state index contributed by atoms with van der Waals surface area (Å²) < 4.78 is 5.46. The Kier molecular flexibility index (Phi) is 6.19. The van der Waals surface area contributed by atoms with Gasteiger partial charge < -0.3 is 15.4 Å². The van der Waals surface area contributed by atoms with Crippen LogP contribution in [0.5, 0.6) is 0 Å². The fourth-order valence-electron chi connectivity index (χ4n) is 3.87. The van der Waals surface area contributed by atoms with Crippen molar-refractivity contribution in [1.82, 2.24) is 19.8 Å². The van der Waals surface area contributed by atoms with Crippen LogP contribution < -0.4 is 5.73 Å². The predicted molar refractivity (Wildman–Crippen MR) is 105 cm³/mol. The number of hydrogen-bond donors (Lipinski definition) is 1. The van der Waals surface area contributed by atoms with Gasteiger partial charge in [-0.25, -0.2) is 14.8 Å². The first-order valence-corrected chi connectivity index (χ1v) is 10.1. The molecule has 1 aromatic heterocycles. The molecule has 1 aliphatic heterocycles. The summed E-state index contributed by atoms with van der Waals surface area (Å²) in [5, 5.41) is 0. The highest BCUT2D eigenvalue weighted by Gasteiger charge is 2.26. The molecular formula is C20H33N5O2. The van der Waals surface area contributed by atoms with Crippen LogP contribution in [0.3, 0.4) is 0 Å². The van der Waals surface area contributed by atoms with Crippen molar-refractivity contribution in [3.8, 4) is 0 Å². The molecular weight excluding hydrogens is 342 g/mol. The Balaban J connectivity index is 1.56. The van der Waals surface area contributed by atoms with Gasteiger partial charge >= 0.3 is 6.09 Å². The van der Waals surface area contributed by atoms with Crippen molar-refractivity contribution in [2.45, 2.75) is 70.9 Å². The first kappa shape index (κ1) is 19.9. The molecule has 0 aromatic carbocycles. The molecule has 0 spiro atoms. The van der Waals surface area contributed by atoms with E-state index in [1.54, 1.807) is 4.90 Å². The van der Waals surface area contributed by atoms with E-state index in [1.165, 1.54) is 32.1 Å². The highest BCUT2D eigenvalue weighted by molar-refractivity contribution is 5.68. The molecule has 1 aliphatic carbocycles. The van der Waals surface area contributed by atoms with Gasteiger partial charge in [-0.1, -0.05) is 19.3 Å². The van der Waals surface area contributed by atoms with Crippen LogP contribution in [0.25, 0.3) is 0 Å². The SMILES string of the molecule is CC(C)(C)OC(=O)N1CCN(Cc2cc(C3CCCCC3)nc(N)n2)CC1. The minimum absolute atomic E-state index is 0.229. The second-order valence-corrected chi connectivity index (χ2v) is 8.72. The maximum Gasteiger partial charge on any atom is 0.410 e. The molecule has 0 unspecified atom stereocenters. The zero-order valence-electron chi connectivity index (χ0n) is 16.9. The van der Waals surface area contributed by atoms with Crippen molar-refractivity contribution in [2.75, 3.05) is 31.9 Å². The van der Waals surface area contributed by atoms with Crippen LogP contribution in [-0.2, 0) is 11.3 Å². The fraction of sp³-hybridized carbons (Fsp3) is 0.750. The van der Waals surface area contributed by atoms with Gasteiger partial charge in [0.1, 0.15) is 5.60 Å². The number of nitrogens with two attached hydrogens (primary N) is 1. The van der Waals surface area contributed by atoms with E-state index >= 15 is 0 Å². The highest BCUT2D eigenvalue weighted by atomic mass is 16.6. The van der Waals surface area contributed by atoms with Crippen LogP contribution in [-0.4, -0.2) is 57.6 Å². The number of nitrogen functional groups attached to an aromatic ring is 1. The van der Waals surface area contributed by atoms with Gasteiger partial charge in [-0.05, 0) is 39.7 Å². The first-order valence-electron chi connectivity index (χ1n) is 10.1. The van der Waals surface area contributed by atoms with Crippen LogP contribution in [0.15, 0.2) is 6.07 Å². The number of carbonyl (C=O) groups is 1. The molecule has 7 heteroatoms. The molecule has 2 fully saturated rings. The van der Waals surface area contributed by atoms with Gasteiger partial charge in [0, 0.05) is 44.3 Å². The number of carbonyl (C=O) groups excluding carboxylic acids is 1. The summed E-state index contributed by atoms with van der Waals surface area (Å²) in [5.41, 5.74) is 7.61. The lowest BCUT2D eigenvalue weighted by Gasteiger charge is -2.35. The molecule has 2 aliphatic rings. The summed E-state index contributed by atoms with van der Waals surface area (Å²) in [7, 11) is 0. The Morgan fingerprint density at radius 3 is 2.44 bits per heavy atom. The van der Waals surface area contributed by atoms with E-state index in [1.807, 2.05) is 20.8 Å². The van der Waals surface area contributed by atoms with E-state index < -0.39 is 5.60 Å². The lowest BCUT2D eigenvalue weighted by atomic mass is 9.86. The van der Waals surface area contributed by atoms with E-state index in [2.05, 4.69) is 20.9 Å². The standard InChI is InChI=1S/C20H33N5O2/c1-20(2,3)27-19(26)25-11-9-24(10-12-25)14-16-13-17(23-18(21)22-16)15-7-5-4-6-8-15/h13,15H,4-12,14H2,1-3H3,(H2,21,22,23). The first-order chi connectivity index (χ1) is 12.8. The van der Waals surface area contributed by atoms with Crippen molar-refractivity contribution in [1.29, 1.82) is 0 Å². The molecule has 1 aromatic rings. The van der Waals surface area contributed by atoms with Gasteiger partial charge in [-0.2, -0.15) is 0 Å². The molecule has 0 bridgehead atoms. The third kappa shape index (κ3) is 5.79. The third-order valence-corrected chi connectivity index (χ3v) is 5.25. The van der Waals surface area contributed by atoms with Crippen LogP contribution in [0.2, 0.25) is 0 Å². The number of rotatable bonds is 3. The minimum Gasteiger partial charge on any atom is -0.444 e. The van der Waals surface area contributed by atoms with Crippen LogP contribution in [0.1, 0.15) is 70.2 Å². The number of anilines is 1. The highest BCUT2D eigenvalue weighted by Crippen LogP contribution is 2.32. The Hall–Kier alpha value is -1.89. The Labute approximate surface area is 162 Å². The summed E-state index contributed by atoms with van der Waals surface area (Å²) in [6, 6.07) is 2.13. The van der Waals surface area contributed by atoms with Gasteiger partial charge in [0.2, 0.25) is 5.95 Å². The normalized spacial score (nSPS) is 19.9. The second kappa shape index (κ2) is 8.42. The molecule has 1 saturated carbocycles. The van der Waals surface area contributed by atoms with Crippen molar-refractivity contribution < 1.29 is 9.53 Å². The molecule has 0 atom stereocenters. The monoisotopic (exact) mass is 375 g/mol. The average molecular weight is 376 g/mol. The van der Waals surface area contributed by atoms with Crippen LogP contribution in [0, 0.1) is 0 Å². The number of hydrogen-bond acceptors (Lipinski definition) is 6. The maximum absolute atomic E-state index is 12.2. The minimum atomic E-state index is -0.456. The summed E-state index contributed by atoms with van der Waals surface area (Å²) in [6.45, 7) is 9.38. The van der Waals surface area contributed by atoms with Crippen LogP contribution in [0.4, 0.5) is 10.7 Å². The van der Waals surface area contributed by atoms with Crippen molar-refractivity contribution in [3.05, 3.63) is 17.5 Å². The van der Waals surface area contributed by atoms with Gasteiger partial charge in [0.25, 0.3) is 0 Å². The molecule has 27 heavy (non-hydrogen) atoms. The predicted octanol–water partition coefficient (Wildman–Crippen LogP) is 3.16. The number of aromatic nitrogens is 2. The van der Waals surface area contributed by atoms with Gasteiger partial charge in [-0.15, -0.1) is 0 Å². The van der Waals surface area contributed by atoms with E-state index in [4.69, 9.17) is 10.5 Å². The van der Waals surface area contributed by atoms with Gasteiger partial charge in [0.15, 0.2) is 0 Å². The quantitative estimate of drug-likeness (QED) is 0.873. The van der Waals surface area contributed by atoms with E-state index in [9.17, 15) is 4.79 Å². The van der Waals surface area contributed by atoms with Crippen LogP contribution >= 0.6 is 0 Å². The van der Waals surface area contributed by atoms with E-state index in [0.717, 1.165) is 31.0 Å². The molecule has 7 nitrogen and oxygen atoms in total. The number of ether oxygens (including phenoxy) is 1. The summed E-state index contributed by atoms with van der Waals surface area (Å²) >= 11 is 0. The molecule has 3 rings (SSSR count). The molecule has 150 valence electrons. The zero-order chi connectivity index (χ0) is 19.4. The van der Waals surface area contributed by atoms with Gasteiger partial charge in [-0.3, -0.25) is 4.90 Å². The molecule has 1 amide bonds. The van der Waals surface area contributed by atoms with Gasteiger partial charge in [0.05, 0.1) is 5.69 Å². The smallest absolute Gasteiger partial charge is 0.410 e. The largest absolute Gasteiger partial charge is 0.444 e.